The van der Waals surface area contributed by atoms with Crippen molar-refractivity contribution in [2.75, 3.05) is 18.0 Å². The Balaban J connectivity index is 1.29. The number of aromatic nitrogens is 2. The molecule has 160 valence electrons. The van der Waals surface area contributed by atoms with Crippen molar-refractivity contribution in [3.05, 3.63) is 66.0 Å². The molecule has 3 heterocycles. The van der Waals surface area contributed by atoms with Gasteiger partial charge in [0, 0.05) is 30.4 Å². The molecule has 1 saturated carbocycles. The summed E-state index contributed by atoms with van der Waals surface area (Å²) < 4.78 is 39.0. The number of rotatable bonds is 3. The Morgan fingerprint density at radius 3 is 2.65 bits per heavy atom. The molecule has 0 spiro atoms. The van der Waals surface area contributed by atoms with E-state index in [2.05, 4.69) is 15.3 Å². The Hall–Kier alpha value is -3.16. The maximum absolute atomic E-state index is 13.0. The molecule has 3 unspecified atom stereocenters. The average molecular weight is 426 g/mol. The lowest BCUT2D eigenvalue weighted by molar-refractivity contribution is -0.141. The van der Waals surface area contributed by atoms with Crippen LogP contribution in [-0.2, 0) is 6.18 Å². The third-order valence-corrected chi connectivity index (χ3v) is 6.35. The molecule has 1 aromatic carbocycles. The van der Waals surface area contributed by atoms with Gasteiger partial charge in [0.05, 0.1) is 5.52 Å². The molecule has 2 fully saturated rings. The lowest BCUT2D eigenvalue weighted by Crippen LogP contribution is -2.40. The van der Waals surface area contributed by atoms with Gasteiger partial charge in [0.1, 0.15) is 17.2 Å². The van der Waals surface area contributed by atoms with Crippen LogP contribution in [0.4, 0.5) is 19.0 Å². The van der Waals surface area contributed by atoms with E-state index in [1.54, 1.807) is 12.1 Å². The van der Waals surface area contributed by atoms with Gasteiger partial charge in [0.2, 0.25) is 0 Å². The quantitative estimate of drug-likeness (QED) is 0.679. The molecule has 2 aliphatic rings. The van der Waals surface area contributed by atoms with Gasteiger partial charge in [0.25, 0.3) is 5.91 Å². The van der Waals surface area contributed by atoms with Crippen LogP contribution < -0.4 is 10.2 Å². The fourth-order valence-corrected chi connectivity index (χ4v) is 4.82. The first-order chi connectivity index (χ1) is 14.9. The Morgan fingerprint density at radius 2 is 1.81 bits per heavy atom. The number of alkyl halides is 3. The molecule has 3 aromatic rings. The minimum atomic E-state index is -4.46. The average Bonchev–Trinajstić information content (AvgIpc) is 3.35. The smallest absolute Gasteiger partial charge is 0.356 e. The highest BCUT2D eigenvalue weighted by molar-refractivity contribution is 5.95. The fourth-order valence-electron chi connectivity index (χ4n) is 4.82. The molecule has 31 heavy (non-hydrogen) atoms. The summed E-state index contributed by atoms with van der Waals surface area (Å²) in [5.74, 6) is 0.629. The van der Waals surface area contributed by atoms with Crippen molar-refractivity contribution in [1.29, 1.82) is 0 Å². The summed E-state index contributed by atoms with van der Waals surface area (Å²) >= 11 is 0. The molecule has 0 radical (unpaired) electrons. The molecule has 1 saturated heterocycles. The van der Waals surface area contributed by atoms with Gasteiger partial charge in [-0.2, -0.15) is 13.2 Å². The zero-order valence-electron chi connectivity index (χ0n) is 16.6. The number of nitrogens with one attached hydrogen (secondary N) is 1. The van der Waals surface area contributed by atoms with Crippen LogP contribution in [0.25, 0.3) is 10.9 Å². The number of amides is 1. The molecule has 1 aliphatic carbocycles. The largest absolute Gasteiger partial charge is 0.433 e. The minimum absolute atomic E-state index is 0.0263. The first-order valence-corrected chi connectivity index (χ1v) is 10.3. The molecule has 2 aromatic heterocycles. The number of halogens is 3. The maximum Gasteiger partial charge on any atom is 0.433 e. The molecule has 5 rings (SSSR count). The van der Waals surface area contributed by atoms with E-state index < -0.39 is 11.9 Å². The number of hydrogen-bond donors (Lipinski definition) is 1. The molecule has 0 bridgehead atoms. The predicted octanol–water partition coefficient (Wildman–Crippen LogP) is 4.29. The van der Waals surface area contributed by atoms with E-state index in [0.717, 1.165) is 29.8 Å². The number of para-hydroxylation sites is 1. The monoisotopic (exact) mass is 426 g/mol. The highest BCUT2D eigenvalue weighted by Crippen LogP contribution is 2.40. The lowest BCUT2D eigenvalue weighted by Gasteiger charge is -2.23. The second-order valence-electron chi connectivity index (χ2n) is 8.25. The van der Waals surface area contributed by atoms with Gasteiger partial charge >= 0.3 is 6.18 Å². The Morgan fingerprint density at radius 1 is 0.968 bits per heavy atom. The van der Waals surface area contributed by atoms with Crippen molar-refractivity contribution in [2.24, 2.45) is 11.8 Å². The van der Waals surface area contributed by atoms with Crippen LogP contribution in [0, 0.1) is 11.8 Å². The van der Waals surface area contributed by atoms with E-state index in [0.29, 0.717) is 30.5 Å². The van der Waals surface area contributed by atoms with Crippen molar-refractivity contribution < 1.29 is 18.0 Å². The standard InChI is InChI=1S/C23H21F3N4O/c24-23(25,26)20-6-3-7-21(29-20)30-12-15-9-10-18(16(15)13-30)28-22(31)19-11-8-14-4-1-2-5-17(14)27-19/h1-8,11,15-16,18H,9-10,12-13H2,(H,28,31). The number of pyridine rings is 2. The highest BCUT2D eigenvalue weighted by atomic mass is 19.4. The second-order valence-corrected chi connectivity index (χ2v) is 8.25. The van der Waals surface area contributed by atoms with Crippen molar-refractivity contribution in [3.63, 3.8) is 0 Å². The van der Waals surface area contributed by atoms with Crippen LogP contribution in [0.5, 0.6) is 0 Å². The van der Waals surface area contributed by atoms with Crippen molar-refractivity contribution in [1.82, 2.24) is 15.3 Å². The first kappa shape index (κ1) is 19.8. The second kappa shape index (κ2) is 7.51. The van der Waals surface area contributed by atoms with Gasteiger partial charge < -0.3 is 10.2 Å². The number of benzene rings is 1. The van der Waals surface area contributed by atoms with Gasteiger partial charge in [-0.1, -0.05) is 30.3 Å². The van der Waals surface area contributed by atoms with Gasteiger partial charge in [-0.3, -0.25) is 4.79 Å². The molecular formula is C23H21F3N4O. The molecular weight excluding hydrogens is 405 g/mol. The molecule has 3 atom stereocenters. The third-order valence-electron chi connectivity index (χ3n) is 6.35. The van der Waals surface area contributed by atoms with E-state index in [1.165, 1.54) is 6.07 Å². The van der Waals surface area contributed by atoms with Gasteiger partial charge in [-0.15, -0.1) is 0 Å². The number of carbonyl (C=O) groups is 1. The van der Waals surface area contributed by atoms with Crippen LogP contribution in [-0.4, -0.2) is 35.0 Å². The van der Waals surface area contributed by atoms with E-state index in [9.17, 15) is 18.0 Å². The minimum Gasteiger partial charge on any atom is -0.356 e. The van der Waals surface area contributed by atoms with Crippen LogP contribution in [0.15, 0.2) is 54.6 Å². The van der Waals surface area contributed by atoms with E-state index in [1.807, 2.05) is 35.2 Å². The predicted molar refractivity (Wildman–Crippen MR) is 111 cm³/mol. The zero-order chi connectivity index (χ0) is 21.6. The van der Waals surface area contributed by atoms with E-state index in [4.69, 9.17) is 0 Å². The Kier molecular flexibility index (Phi) is 4.79. The number of hydrogen-bond acceptors (Lipinski definition) is 4. The Labute approximate surface area is 177 Å². The highest BCUT2D eigenvalue weighted by Gasteiger charge is 2.44. The van der Waals surface area contributed by atoms with Crippen LogP contribution >= 0.6 is 0 Å². The first-order valence-electron chi connectivity index (χ1n) is 10.3. The van der Waals surface area contributed by atoms with Crippen molar-refractivity contribution in [3.8, 4) is 0 Å². The van der Waals surface area contributed by atoms with Crippen molar-refractivity contribution in [2.45, 2.75) is 25.1 Å². The van der Waals surface area contributed by atoms with Crippen LogP contribution in [0.1, 0.15) is 29.0 Å². The maximum atomic E-state index is 13.0. The summed E-state index contributed by atoms with van der Waals surface area (Å²) in [6.45, 7) is 1.23. The topological polar surface area (TPSA) is 58.1 Å². The van der Waals surface area contributed by atoms with Gasteiger partial charge in [-0.25, -0.2) is 9.97 Å². The third kappa shape index (κ3) is 3.82. The zero-order valence-corrected chi connectivity index (χ0v) is 16.6. The lowest BCUT2D eigenvalue weighted by atomic mass is 9.97. The SMILES string of the molecule is O=C(NC1CCC2CN(c3cccc(C(F)(F)F)n3)CC21)c1ccc2ccccc2n1. The summed E-state index contributed by atoms with van der Waals surface area (Å²) in [5, 5.41) is 4.08. The van der Waals surface area contributed by atoms with Crippen molar-refractivity contribution >= 4 is 22.6 Å². The number of nitrogens with zero attached hydrogens (tertiary/aromatic N) is 3. The summed E-state index contributed by atoms with van der Waals surface area (Å²) in [4.78, 5) is 23.0. The van der Waals surface area contributed by atoms with Crippen LogP contribution in [0.2, 0.25) is 0 Å². The number of fused-ring (bicyclic) bond motifs is 2. The fraction of sp³-hybridized carbons (Fsp3) is 0.348. The normalized spacial score (nSPS) is 23.2. The number of carbonyl (C=O) groups excluding carboxylic acids is 1. The summed E-state index contributed by atoms with van der Waals surface area (Å²) in [6.07, 6.45) is -2.68. The van der Waals surface area contributed by atoms with E-state index in [-0.39, 0.29) is 17.9 Å². The summed E-state index contributed by atoms with van der Waals surface area (Å²) in [6, 6.07) is 15.2. The summed E-state index contributed by atoms with van der Waals surface area (Å²) in [7, 11) is 0. The molecule has 1 N–H and O–H groups in total. The van der Waals surface area contributed by atoms with Gasteiger partial charge in [-0.05, 0) is 43.0 Å². The molecule has 5 nitrogen and oxygen atoms in total. The molecule has 1 aliphatic heterocycles. The molecule has 8 heteroatoms. The molecule has 1 amide bonds. The van der Waals surface area contributed by atoms with Gasteiger partial charge in [0.15, 0.2) is 0 Å². The number of anilines is 1. The summed E-state index contributed by atoms with van der Waals surface area (Å²) in [5.41, 5.74) is 0.257. The van der Waals surface area contributed by atoms with E-state index >= 15 is 0 Å². The van der Waals surface area contributed by atoms with Crippen LogP contribution in [0.3, 0.4) is 0 Å². The Bertz CT molecular complexity index is 1130.